The van der Waals surface area contributed by atoms with Gasteiger partial charge in [-0.3, -0.25) is 0 Å². The minimum Gasteiger partial charge on any atom is -0.507 e. The Morgan fingerprint density at radius 1 is 0.556 bits per heavy atom. The van der Waals surface area contributed by atoms with E-state index in [0.717, 1.165) is 0 Å². The van der Waals surface area contributed by atoms with Crippen molar-refractivity contribution in [3.05, 3.63) is 24.3 Å². The van der Waals surface area contributed by atoms with Crippen molar-refractivity contribution in [3.63, 3.8) is 0 Å². The normalized spacial score (nSPS) is 10.4. The van der Waals surface area contributed by atoms with Gasteiger partial charge in [-0.25, -0.2) is 0 Å². The van der Waals surface area contributed by atoms with Crippen molar-refractivity contribution in [2.75, 3.05) is 11.5 Å². The summed E-state index contributed by atoms with van der Waals surface area (Å²) in [4.78, 5) is 0. The SMILES string of the molecule is Nc1c(O)ccc(O)c1-c1c(O)ccc(O)c1N. The Balaban J connectivity index is 2.85. The molecule has 2 aromatic rings. The van der Waals surface area contributed by atoms with Crippen molar-refractivity contribution < 1.29 is 20.4 Å². The fourth-order valence-electron chi connectivity index (χ4n) is 1.72. The quantitative estimate of drug-likeness (QED) is 0.256. The minimum absolute atomic E-state index is 0.0269. The third kappa shape index (κ3) is 1.60. The number of rotatable bonds is 1. The number of hydrogen-bond donors (Lipinski definition) is 6. The van der Waals surface area contributed by atoms with Crippen LogP contribution in [0.2, 0.25) is 0 Å². The second-order valence-electron chi connectivity index (χ2n) is 3.78. The van der Waals surface area contributed by atoms with Gasteiger partial charge in [0.05, 0.1) is 22.5 Å². The highest BCUT2D eigenvalue weighted by atomic mass is 16.3. The van der Waals surface area contributed by atoms with Crippen molar-refractivity contribution in [1.82, 2.24) is 0 Å². The van der Waals surface area contributed by atoms with Gasteiger partial charge < -0.3 is 31.9 Å². The summed E-state index contributed by atoms with van der Waals surface area (Å²) in [5.74, 6) is -1.05. The molecule has 0 atom stereocenters. The molecule has 0 heterocycles. The lowest BCUT2D eigenvalue weighted by Crippen LogP contribution is -1.96. The molecular weight excluding hydrogens is 236 g/mol. The van der Waals surface area contributed by atoms with E-state index in [1.54, 1.807) is 0 Å². The Kier molecular flexibility index (Phi) is 2.55. The average molecular weight is 248 g/mol. The Bertz CT molecular complexity index is 570. The molecule has 0 aliphatic rings. The first-order valence-electron chi connectivity index (χ1n) is 5.04. The molecule has 8 N–H and O–H groups in total. The van der Waals surface area contributed by atoms with Crippen molar-refractivity contribution in [2.45, 2.75) is 0 Å². The predicted octanol–water partition coefficient (Wildman–Crippen LogP) is 1.34. The summed E-state index contributed by atoms with van der Waals surface area (Å²) >= 11 is 0. The zero-order valence-electron chi connectivity index (χ0n) is 9.25. The van der Waals surface area contributed by atoms with Gasteiger partial charge in [0.2, 0.25) is 0 Å². The summed E-state index contributed by atoms with van der Waals surface area (Å²) in [6.45, 7) is 0. The summed E-state index contributed by atoms with van der Waals surface area (Å²) < 4.78 is 0. The van der Waals surface area contributed by atoms with E-state index in [1.807, 2.05) is 0 Å². The van der Waals surface area contributed by atoms with E-state index in [4.69, 9.17) is 11.5 Å². The lowest BCUT2D eigenvalue weighted by molar-refractivity contribution is 0.457. The maximum atomic E-state index is 9.77. The van der Waals surface area contributed by atoms with E-state index in [0.29, 0.717) is 0 Å². The molecule has 0 bridgehead atoms. The molecule has 6 nitrogen and oxygen atoms in total. The second-order valence-corrected chi connectivity index (χ2v) is 3.78. The standard InChI is InChI=1S/C12H12N2O4/c13-11-7(17)3-1-5(15)9(11)10-6(16)2-4-8(18)12(10)14/h1-4,15-18H,13-14H2. The van der Waals surface area contributed by atoms with Crippen molar-refractivity contribution >= 4 is 11.4 Å². The number of nitrogens with two attached hydrogens (primary N) is 2. The van der Waals surface area contributed by atoms with Gasteiger partial charge in [0.1, 0.15) is 23.0 Å². The number of benzene rings is 2. The molecule has 0 aromatic heterocycles. The van der Waals surface area contributed by atoms with Crippen LogP contribution in [-0.4, -0.2) is 20.4 Å². The maximum Gasteiger partial charge on any atom is 0.139 e. The van der Waals surface area contributed by atoms with Gasteiger partial charge >= 0.3 is 0 Å². The third-order valence-electron chi connectivity index (χ3n) is 2.65. The van der Waals surface area contributed by atoms with Crippen LogP contribution in [0.3, 0.4) is 0 Å². The van der Waals surface area contributed by atoms with Crippen LogP contribution in [0.4, 0.5) is 11.4 Å². The van der Waals surface area contributed by atoms with Crippen molar-refractivity contribution in [3.8, 4) is 34.1 Å². The molecule has 18 heavy (non-hydrogen) atoms. The minimum atomic E-state index is -0.266. The largest absolute Gasteiger partial charge is 0.507 e. The first-order chi connectivity index (χ1) is 8.43. The van der Waals surface area contributed by atoms with Crippen molar-refractivity contribution in [2.24, 2.45) is 0 Å². The fourth-order valence-corrected chi connectivity index (χ4v) is 1.72. The summed E-state index contributed by atoms with van der Waals surface area (Å²) in [6, 6.07) is 4.85. The molecule has 0 unspecified atom stereocenters. The number of phenolic OH excluding ortho intramolecular Hbond substituents is 4. The smallest absolute Gasteiger partial charge is 0.139 e. The van der Waals surface area contributed by atoms with Gasteiger partial charge in [0.15, 0.2) is 0 Å². The molecule has 0 saturated heterocycles. The molecule has 0 aliphatic carbocycles. The van der Waals surface area contributed by atoms with E-state index in [9.17, 15) is 20.4 Å². The van der Waals surface area contributed by atoms with Crippen LogP contribution in [-0.2, 0) is 0 Å². The second kappa shape index (κ2) is 3.92. The predicted molar refractivity (Wildman–Crippen MR) is 67.4 cm³/mol. The van der Waals surface area contributed by atoms with Crippen LogP contribution in [0, 0.1) is 0 Å². The van der Waals surface area contributed by atoms with Gasteiger partial charge in [-0.2, -0.15) is 0 Å². The highest BCUT2D eigenvalue weighted by Gasteiger charge is 2.20. The molecule has 0 spiro atoms. The average Bonchev–Trinajstić information content (AvgIpc) is 2.33. The molecule has 94 valence electrons. The number of aromatic hydroxyl groups is 4. The molecule has 2 aromatic carbocycles. The molecule has 2 rings (SSSR count). The summed E-state index contributed by atoms with van der Waals surface area (Å²) in [5.41, 5.74) is 11.0. The molecule has 0 saturated carbocycles. The number of anilines is 2. The Labute approximate surface area is 102 Å². The van der Waals surface area contributed by atoms with E-state index in [2.05, 4.69) is 0 Å². The Morgan fingerprint density at radius 2 is 0.833 bits per heavy atom. The van der Waals surface area contributed by atoms with Crippen LogP contribution in [0.1, 0.15) is 0 Å². The maximum absolute atomic E-state index is 9.77. The molecular formula is C12H12N2O4. The van der Waals surface area contributed by atoms with Crippen molar-refractivity contribution in [1.29, 1.82) is 0 Å². The first-order valence-corrected chi connectivity index (χ1v) is 5.04. The van der Waals surface area contributed by atoms with E-state index < -0.39 is 0 Å². The van der Waals surface area contributed by atoms with Gasteiger partial charge in [0.25, 0.3) is 0 Å². The molecule has 0 aliphatic heterocycles. The molecule has 0 radical (unpaired) electrons. The highest BCUT2D eigenvalue weighted by molar-refractivity contribution is 5.95. The Morgan fingerprint density at radius 3 is 1.17 bits per heavy atom. The number of nitrogen functional groups attached to an aromatic ring is 2. The summed E-state index contributed by atoms with van der Waals surface area (Å²) in [5, 5.41) is 38.6. The lowest BCUT2D eigenvalue weighted by Gasteiger charge is -2.14. The monoisotopic (exact) mass is 248 g/mol. The van der Waals surface area contributed by atoms with Gasteiger partial charge in [0, 0.05) is 0 Å². The van der Waals surface area contributed by atoms with Gasteiger partial charge in [-0.05, 0) is 24.3 Å². The topological polar surface area (TPSA) is 133 Å². The van der Waals surface area contributed by atoms with Gasteiger partial charge in [-0.1, -0.05) is 0 Å². The van der Waals surface area contributed by atoms with Crippen LogP contribution in [0.15, 0.2) is 24.3 Å². The molecule has 0 fully saturated rings. The van der Waals surface area contributed by atoms with Crippen LogP contribution in [0.25, 0.3) is 11.1 Å². The van der Waals surface area contributed by atoms with Crippen LogP contribution in [0.5, 0.6) is 23.0 Å². The van der Waals surface area contributed by atoms with E-state index >= 15 is 0 Å². The Hall–Kier alpha value is -2.76. The number of hydrogen-bond acceptors (Lipinski definition) is 6. The molecule has 6 heteroatoms. The van der Waals surface area contributed by atoms with Gasteiger partial charge in [-0.15, -0.1) is 0 Å². The fraction of sp³-hybridized carbons (Fsp3) is 0. The summed E-state index contributed by atoms with van der Waals surface area (Å²) in [6.07, 6.45) is 0. The molecule has 0 amide bonds. The highest BCUT2D eigenvalue weighted by Crippen LogP contribution is 2.48. The lowest BCUT2D eigenvalue weighted by atomic mass is 9.98. The third-order valence-corrected chi connectivity index (χ3v) is 2.65. The first kappa shape index (κ1) is 11.7. The van der Waals surface area contributed by atoms with Crippen LogP contribution >= 0.6 is 0 Å². The zero-order valence-corrected chi connectivity index (χ0v) is 9.25. The van der Waals surface area contributed by atoms with Crippen LogP contribution < -0.4 is 11.5 Å². The van der Waals surface area contributed by atoms with E-state index in [1.165, 1.54) is 24.3 Å². The zero-order chi connectivity index (χ0) is 13.4. The summed E-state index contributed by atoms with van der Waals surface area (Å²) in [7, 11) is 0. The number of phenols is 4. The van der Waals surface area contributed by atoms with E-state index in [-0.39, 0.29) is 45.5 Å².